The van der Waals surface area contributed by atoms with Gasteiger partial charge >= 0.3 is 25.0 Å². The summed E-state index contributed by atoms with van der Waals surface area (Å²) in [5, 5.41) is 0. The minimum Gasteiger partial charge on any atom is -0.441 e. The van der Waals surface area contributed by atoms with E-state index in [0.717, 1.165) is 11.1 Å². The zero-order valence-electron chi connectivity index (χ0n) is 15.2. The van der Waals surface area contributed by atoms with Gasteiger partial charge in [-0.05, 0) is 12.2 Å². The predicted molar refractivity (Wildman–Crippen MR) is 98.4 cm³/mol. The molecule has 0 N–H and O–H groups in total. The Balaban J connectivity index is 0.00000225. The number of nitrogens with zero attached hydrogens (tertiary/aromatic N) is 1. The molecule has 3 rings (SSSR count). The molecule has 0 spiro atoms. The van der Waals surface area contributed by atoms with E-state index in [9.17, 15) is 4.79 Å². The minimum absolute atomic E-state index is 0. The number of amides is 1. The minimum atomic E-state index is -0.806. The summed E-state index contributed by atoms with van der Waals surface area (Å²) in [6.07, 6.45) is 1.66. The van der Waals surface area contributed by atoms with Crippen LogP contribution in [0, 0.1) is 11.8 Å². The van der Waals surface area contributed by atoms with Crippen molar-refractivity contribution in [2.75, 3.05) is 6.26 Å². The molecule has 1 aliphatic heterocycles. The van der Waals surface area contributed by atoms with Crippen molar-refractivity contribution in [2.24, 2.45) is 5.92 Å². The molecule has 1 heterocycles. The molecule has 3 nitrogen and oxygen atoms in total. The average Bonchev–Trinajstić information content (AvgIpc) is 2.91. The van der Waals surface area contributed by atoms with Crippen LogP contribution in [0.5, 0.6) is 0 Å². The van der Waals surface area contributed by atoms with Crippen LogP contribution in [0.4, 0.5) is 4.79 Å². The normalized spacial score (nSPS) is 18.8. The Labute approximate surface area is 166 Å². The summed E-state index contributed by atoms with van der Waals surface area (Å²) >= 11 is 1.52. The Morgan fingerprint density at radius 1 is 1.04 bits per heavy atom. The maximum absolute atomic E-state index is 12.7. The van der Waals surface area contributed by atoms with Gasteiger partial charge in [-0.3, -0.25) is 0 Å². The number of hydrogen-bond acceptors (Lipinski definition) is 3. The van der Waals surface area contributed by atoms with Crippen LogP contribution in [-0.2, 0) is 10.3 Å². The van der Waals surface area contributed by atoms with Crippen LogP contribution in [0.15, 0.2) is 60.7 Å². The van der Waals surface area contributed by atoms with Crippen molar-refractivity contribution in [2.45, 2.75) is 25.5 Å². The second-order valence-corrected chi connectivity index (χ2v) is 6.96. The molecular weight excluding hydrogens is 325 g/mol. The first-order valence-corrected chi connectivity index (χ1v) is 9.38. The molecule has 0 saturated carbocycles. The van der Waals surface area contributed by atoms with E-state index < -0.39 is 5.60 Å². The molecule has 1 atom stereocenters. The van der Waals surface area contributed by atoms with Gasteiger partial charge in [-0.1, -0.05) is 74.5 Å². The maximum Gasteiger partial charge on any atom is 1.00 e. The van der Waals surface area contributed by atoms with Gasteiger partial charge in [0.1, 0.15) is 0 Å². The van der Waals surface area contributed by atoms with Gasteiger partial charge in [0.15, 0.2) is 5.60 Å². The first-order valence-electron chi connectivity index (χ1n) is 8.09. The molecule has 0 aromatic heterocycles. The fraction of sp³-hybridized carbons (Fsp3) is 0.300. The largest absolute Gasteiger partial charge is 1.00 e. The monoisotopic (exact) mass is 347 g/mol. The van der Waals surface area contributed by atoms with Crippen molar-refractivity contribution in [3.63, 3.8) is 0 Å². The van der Waals surface area contributed by atoms with Gasteiger partial charge in [0, 0.05) is 11.1 Å². The van der Waals surface area contributed by atoms with Crippen molar-refractivity contribution < 1.29 is 28.4 Å². The summed E-state index contributed by atoms with van der Waals surface area (Å²) in [4.78, 5) is 14.4. The third-order valence-corrected chi connectivity index (χ3v) is 4.87. The molecule has 25 heavy (non-hydrogen) atoms. The van der Waals surface area contributed by atoms with Gasteiger partial charge in [-0.15, -0.1) is 0 Å². The van der Waals surface area contributed by atoms with E-state index in [4.69, 9.17) is 4.74 Å². The zero-order chi connectivity index (χ0) is 17.2. The van der Waals surface area contributed by atoms with Gasteiger partial charge in [-0.25, -0.2) is 4.79 Å². The van der Waals surface area contributed by atoms with Gasteiger partial charge in [0.25, 0.3) is 0 Å². The molecule has 126 valence electrons. The number of carbonyl (C=O) groups is 1. The molecule has 0 bridgehead atoms. The molecule has 2 aromatic rings. The van der Waals surface area contributed by atoms with Crippen molar-refractivity contribution in [3.8, 4) is 0 Å². The topological polar surface area (TPSA) is 29.5 Å². The van der Waals surface area contributed by atoms with E-state index in [0.29, 0.717) is 0 Å². The number of thioether (sulfide) groups is 1. The van der Waals surface area contributed by atoms with Crippen LogP contribution in [0.1, 0.15) is 25.0 Å². The number of hydrogen-bond donors (Lipinski definition) is 0. The molecule has 2 aromatic carbocycles. The quantitative estimate of drug-likeness (QED) is 0.611. The Morgan fingerprint density at radius 2 is 1.52 bits per heavy atom. The molecule has 5 heteroatoms. The van der Waals surface area contributed by atoms with E-state index in [1.54, 1.807) is 4.90 Å². The Morgan fingerprint density at radius 3 is 1.92 bits per heavy atom. The molecule has 0 radical (unpaired) electrons. The molecule has 1 fully saturated rings. The number of carbonyl (C=O) groups excluding carboxylic acids is 1. The van der Waals surface area contributed by atoms with E-state index >= 15 is 0 Å². The van der Waals surface area contributed by atoms with Crippen LogP contribution in [-0.4, -0.2) is 23.3 Å². The average molecular weight is 347 g/mol. The predicted octanol–water partition coefficient (Wildman–Crippen LogP) is 1.89. The first-order chi connectivity index (χ1) is 11.6. The van der Waals surface area contributed by atoms with Crippen molar-refractivity contribution in [1.82, 2.24) is 4.90 Å². The van der Waals surface area contributed by atoms with Gasteiger partial charge < -0.3 is 21.4 Å². The van der Waals surface area contributed by atoms with Crippen LogP contribution < -0.4 is 18.9 Å². The standard InChI is InChI=1S/C20H22NO2S.Li/c1-15(2)18-20(16-10-6-4-7-11-16,17-12-8-5-9-13-17)23-19(22)21(18)14-24-3;/h4-15,18H,1-3H3;/q-1;+1/t18-;/m0./s1. The molecule has 1 aliphatic rings. The van der Waals surface area contributed by atoms with Crippen molar-refractivity contribution >= 4 is 17.9 Å². The second-order valence-electron chi connectivity index (χ2n) is 6.27. The second kappa shape index (κ2) is 8.36. The SMILES string of the molecule is CS[CH-]N1C(=O)OC(c2ccccc2)(c2ccccc2)[C@@H]1C(C)C.[Li+]. The van der Waals surface area contributed by atoms with Gasteiger partial charge in [0.05, 0.1) is 6.04 Å². The summed E-state index contributed by atoms with van der Waals surface area (Å²) < 4.78 is 6.10. The van der Waals surface area contributed by atoms with Crippen molar-refractivity contribution in [1.29, 1.82) is 0 Å². The number of benzene rings is 2. The van der Waals surface area contributed by atoms with Gasteiger partial charge in [-0.2, -0.15) is 5.88 Å². The molecule has 0 aliphatic carbocycles. The van der Waals surface area contributed by atoms with Crippen LogP contribution in [0.3, 0.4) is 0 Å². The van der Waals surface area contributed by atoms with E-state index in [1.807, 2.05) is 72.8 Å². The van der Waals surface area contributed by atoms with Crippen LogP contribution in [0.25, 0.3) is 0 Å². The first kappa shape index (κ1) is 20.0. The number of ether oxygens (including phenoxy) is 1. The smallest absolute Gasteiger partial charge is 0.441 e. The van der Waals surface area contributed by atoms with E-state index in [-0.39, 0.29) is 36.9 Å². The number of rotatable bonds is 5. The van der Waals surface area contributed by atoms with E-state index in [1.165, 1.54) is 11.8 Å². The number of cyclic esters (lactones) is 1. The van der Waals surface area contributed by atoms with Crippen LogP contribution in [0.2, 0.25) is 0 Å². The molecule has 1 saturated heterocycles. The van der Waals surface area contributed by atoms with E-state index in [2.05, 4.69) is 13.8 Å². The fourth-order valence-corrected chi connectivity index (χ4v) is 4.01. The zero-order valence-corrected chi connectivity index (χ0v) is 16.0. The summed E-state index contributed by atoms with van der Waals surface area (Å²) in [5.74, 6) is 2.08. The Hall–Kier alpha value is -1.34. The van der Waals surface area contributed by atoms with Crippen molar-refractivity contribution in [3.05, 3.63) is 77.7 Å². The third-order valence-electron chi connectivity index (χ3n) is 4.43. The Bertz CT molecular complexity index is 654. The summed E-state index contributed by atoms with van der Waals surface area (Å²) in [6.45, 7) is 4.27. The third kappa shape index (κ3) is 3.49. The molecule has 0 unspecified atom stereocenters. The van der Waals surface area contributed by atoms with Gasteiger partial charge in [0.2, 0.25) is 0 Å². The molecular formula is C20H22LiNO2S. The summed E-state index contributed by atoms with van der Waals surface area (Å²) in [7, 11) is 0. The van der Waals surface area contributed by atoms with Crippen LogP contribution >= 0.6 is 11.8 Å². The molecule has 1 amide bonds. The fourth-order valence-electron chi connectivity index (χ4n) is 3.57. The maximum atomic E-state index is 12.7. The Kier molecular flexibility index (Phi) is 6.68. The summed E-state index contributed by atoms with van der Waals surface area (Å²) in [6, 6.07) is 20.0. The summed E-state index contributed by atoms with van der Waals surface area (Å²) in [5.41, 5.74) is 1.19.